The molecule has 0 saturated carbocycles. The van der Waals surface area contributed by atoms with Crippen LogP contribution in [0.2, 0.25) is 0 Å². The second-order valence-electron chi connectivity index (χ2n) is 8.59. The van der Waals surface area contributed by atoms with Crippen molar-refractivity contribution in [3.8, 4) is 28.6 Å². The maximum Gasteiger partial charge on any atom is 0.332 e. The number of carbonyl (C=O) groups excluding carboxylic acids is 1. The predicted molar refractivity (Wildman–Crippen MR) is 125 cm³/mol. The number of imidazole rings is 1. The van der Waals surface area contributed by atoms with Gasteiger partial charge in [0, 0.05) is 0 Å². The zero-order chi connectivity index (χ0) is 23.9. The van der Waals surface area contributed by atoms with Crippen molar-refractivity contribution >= 4 is 17.1 Å². The van der Waals surface area contributed by atoms with E-state index in [0.717, 1.165) is 5.56 Å². The number of ether oxygens (including phenoxy) is 2. The van der Waals surface area contributed by atoms with Crippen molar-refractivity contribution in [2.24, 2.45) is 5.73 Å². The van der Waals surface area contributed by atoms with Crippen LogP contribution in [0.1, 0.15) is 36.8 Å². The average molecular weight is 447 g/mol. The van der Waals surface area contributed by atoms with Gasteiger partial charge in [-0.3, -0.25) is 4.79 Å². The molecule has 4 aromatic rings. The maximum atomic E-state index is 12.9. The molecule has 170 valence electrons. The molecule has 0 aliphatic heterocycles. The summed E-state index contributed by atoms with van der Waals surface area (Å²) >= 11 is 0. The molecule has 2 aromatic carbocycles. The lowest BCUT2D eigenvalue weighted by Crippen LogP contribution is -2.16. The Morgan fingerprint density at radius 2 is 1.73 bits per heavy atom. The van der Waals surface area contributed by atoms with Crippen molar-refractivity contribution < 1.29 is 14.3 Å². The Labute approximate surface area is 190 Å². The van der Waals surface area contributed by atoms with E-state index in [2.05, 4.69) is 35.7 Å². The third-order valence-corrected chi connectivity index (χ3v) is 5.41. The number of nitrogens with one attached hydrogen (secondary N) is 1. The number of methoxy groups -OCH3 is 2. The van der Waals surface area contributed by atoms with E-state index in [1.165, 1.54) is 18.8 Å². The summed E-state index contributed by atoms with van der Waals surface area (Å²) < 4.78 is 12.2. The fourth-order valence-corrected chi connectivity index (χ4v) is 3.62. The number of aromatic nitrogens is 4. The van der Waals surface area contributed by atoms with Crippen molar-refractivity contribution in [2.45, 2.75) is 26.2 Å². The molecule has 9 nitrogen and oxygen atoms in total. The fraction of sp³-hybridized carbons (Fsp3) is 0.250. The van der Waals surface area contributed by atoms with Gasteiger partial charge < -0.3 is 20.2 Å². The monoisotopic (exact) mass is 447 g/mol. The molecule has 0 radical (unpaired) electrons. The number of fused-ring (bicyclic) bond motifs is 1. The number of nitrogens with zero attached hydrogens (tertiary/aromatic N) is 3. The van der Waals surface area contributed by atoms with Gasteiger partial charge in [0.25, 0.3) is 5.91 Å². The van der Waals surface area contributed by atoms with Crippen LogP contribution in [-0.2, 0) is 5.41 Å². The zero-order valence-electron chi connectivity index (χ0n) is 19.1. The van der Waals surface area contributed by atoms with Crippen LogP contribution >= 0.6 is 0 Å². The third kappa shape index (κ3) is 3.93. The molecule has 3 N–H and O–H groups in total. The molecular weight excluding hydrogens is 422 g/mol. The van der Waals surface area contributed by atoms with E-state index in [9.17, 15) is 9.59 Å². The van der Waals surface area contributed by atoms with Crippen molar-refractivity contribution in [1.82, 2.24) is 19.5 Å². The highest BCUT2D eigenvalue weighted by Gasteiger charge is 2.22. The van der Waals surface area contributed by atoms with E-state index in [-0.39, 0.29) is 28.1 Å². The summed E-state index contributed by atoms with van der Waals surface area (Å²) in [5.74, 6) is 0.414. The minimum atomic E-state index is -0.790. The molecule has 2 aromatic heterocycles. The van der Waals surface area contributed by atoms with Crippen LogP contribution in [-0.4, -0.2) is 39.6 Å². The van der Waals surface area contributed by atoms with Crippen molar-refractivity contribution in [3.05, 3.63) is 64.2 Å². The normalized spacial score (nSPS) is 11.5. The molecule has 33 heavy (non-hydrogen) atoms. The van der Waals surface area contributed by atoms with Crippen molar-refractivity contribution in [1.29, 1.82) is 0 Å². The van der Waals surface area contributed by atoms with E-state index in [0.29, 0.717) is 22.7 Å². The molecule has 0 atom stereocenters. The number of rotatable bonds is 5. The van der Waals surface area contributed by atoms with Crippen molar-refractivity contribution in [2.75, 3.05) is 14.2 Å². The third-order valence-electron chi connectivity index (χ3n) is 5.41. The van der Waals surface area contributed by atoms with Crippen LogP contribution in [0.15, 0.2) is 47.3 Å². The first-order valence-corrected chi connectivity index (χ1v) is 10.3. The van der Waals surface area contributed by atoms with Crippen LogP contribution in [0.5, 0.6) is 11.5 Å². The van der Waals surface area contributed by atoms with Crippen LogP contribution in [0.3, 0.4) is 0 Å². The van der Waals surface area contributed by atoms with Gasteiger partial charge in [-0.2, -0.15) is 0 Å². The Bertz CT molecular complexity index is 1410. The first kappa shape index (κ1) is 22.1. The number of primary amides is 1. The summed E-state index contributed by atoms with van der Waals surface area (Å²) in [7, 11) is 3.05. The summed E-state index contributed by atoms with van der Waals surface area (Å²) in [5, 5.41) is 0. The second-order valence-corrected chi connectivity index (χ2v) is 8.59. The van der Waals surface area contributed by atoms with Crippen LogP contribution < -0.4 is 20.9 Å². The minimum absolute atomic E-state index is 0.0406. The van der Waals surface area contributed by atoms with E-state index < -0.39 is 11.6 Å². The van der Waals surface area contributed by atoms with Gasteiger partial charge in [0.05, 0.1) is 25.5 Å². The molecule has 4 rings (SSSR count). The molecule has 1 amide bonds. The summed E-state index contributed by atoms with van der Waals surface area (Å²) in [6, 6.07) is 12.7. The van der Waals surface area contributed by atoms with Crippen LogP contribution in [0.25, 0.3) is 28.2 Å². The predicted octanol–water partition coefficient (Wildman–Crippen LogP) is 3.19. The smallest absolute Gasteiger partial charge is 0.332 e. The molecule has 0 aliphatic carbocycles. The number of aromatic amines is 1. The van der Waals surface area contributed by atoms with Gasteiger partial charge >= 0.3 is 5.69 Å². The molecule has 0 aliphatic rings. The lowest BCUT2D eigenvalue weighted by molar-refractivity contribution is 0.0997. The van der Waals surface area contributed by atoms with Gasteiger partial charge in [0.1, 0.15) is 17.0 Å². The van der Waals surface area contributed by atoms with Crippen molar-refractivity contribution in [3.63, 3.8) is 0 Å². The number of nitrogens with two attached hydrogens (primary N) is 1. The summed E-state index contributed by atoms with van der Waals surface area (Å²) in [4.78, 5) is 36.8. The summed E-state index contributed by atoms with van der Waals surface area (Å²) in [6.07, 6.45) is 0. The fourth-order valence-electron chi connectivity index (χ4n) is 3.62. The van der Waals surface area contributed by atoms with E-state index in [4.69, 9.17) is 15.2 Å². The molecule has 0 spiro atoms. The van der Waals surface area contributed by atoms with Gasteiger partial charge in [-0.1, -0.05) is 32.9 Å². The Balaban J connectivity index is 2.00. The maximum absolute atomic E-state index is 12.9. The van der Waals surface area contributed by atoms with Gasteiger partial charge in [0.15, 0.2) is 17.2 Å². The second kappa shape index (κ2) is 8.09. The molecule has 0 fully saturated rings. The summed E-state index contributed by atoms with van der Waals surface area (Å²) in [5.41, 5.74) is 7.61. The first-order valence-electron chi connectivity index (χ1n) is 10.3. The SMILES string of the molecule is COc1ccc(OC)c(-c2nc(C(N)=O)c3[nH]c(=O)n(-c4ccc(C(C)(C)C)cc4)c3n2)c1. The molecule has 9 heteroatoms. The highest BCUT2D eigenvalue weighted by Crippen LogP contribution is 2.33. The number of carbonyl (C=O) groups is 1. The quantitative estimate of drug-likeness (QED) is 0.484. The minimum Gasteiger partial charge on any atom is -0.497 e. The molecular formula is C24H25N5O4. The number of hydrogen-bond acceptors (Lipinski definition) is 6. The zero-order valence-corrected chi connectivity index (χ0v) is 19.1. The summed E-state index contributed by atoms with van der Waals surface area (Å²) in [6.45, 7) is 6.33. The van der Waals surface area contributed by atoms with Gasteiger partial charge in [-0.05, 0) is 41.3 Å². The molecule has 2 heterocycles. The Morgan fingerprint density at radius 3 is 2.30 bits per heavy atom. The average Bonchev–Trinajstić information content (AvgIpc) is 3.12. The number of benzene rings is 2. The van der Waals surface area contributed by atoms with Gasteiger partial charge in [-0.15, -0.1) is 0 Å². The first-order chi connectivity index (χ1) is 15.6. The molecule has 0 bridgehead atoms. The number of amides is 1. The highest BCUT2D eigenvalue weighted by molar-refractivity contribution is 6.02. The largest absolute Gasteiger partial charge is 0.497 e. The van der Waals surface area contributed by atoms with E-state index in [1.54, 1.807) is 18.2 Å². The Hall–Kier alpha value is -4.14. The van der Waals surface area contributed by atoms with Gasteiger partial charge in [0.2, 0.25) is 0 Å². The molecule has 0 saturated heterocycles. The number of H-pyrrole nitrogens is 1. The number of hydrogen-bond donors (Lipinski definition) is 2. The van der Waals surface area contributed by atoms with Gasteiger partial charge in [-0.25, -0.2) is 19.3 Å². The topological polar surface area (TPSA) is 125 Å². The standard InChI is InChI=1S/C24H25N5O4/c1-24(2,3)13-6-8-14(9-7-13)29-22-19(27-23(29)31)18(20(25)30)26-21(28-22)16-12-15(32-4)10-11-17(16)33-5/h6-12H,1-5H3,(H2,25,30)(H,27,31). The Kier molecular flexibility index (Phi) is 5.41. The molecule has 0 unspecified atom stereocenters. The van der Waals surface area contributed by atoms with Crippen LogP contribution in [0.4, 0.5) is 0 Å². The lowest BCUT2D eigenvalue weighted by atomic mass is 9.87. The van der Waals surface area contributed by atoms with E-state index >= 15 is 0 Å². The van der Waals surface area contributed by atoms with Crippen LogP contribution in [0, 0.1) is 0 Å². The Morgan fingerprint density at radius 1 is 1.03 bits per heavy atom. The lowest BCUT2D eigenvalue weighted by Gasteiger charge is -2.19. The highest BCUT2D eigenvalue weighted by atomic mass is 16.5. The van der Waals surface area contributed by atoms with E-state index in [1.807, 2.05) is 24.3 Å².